The Bertz CT molecular complexity index is 850. The van der Waals surface area contributed by atoms with Crippen molar-refractivity contribution in [3.63, 3.8) is 0 Å². The summed E-state index contributed by atoms with van der Waals surface area (Å²) in [6.07, 6.45) is -0.0776. The van der Waals surface area contributed by atoms with Crippen LogP contribution in [0.15, 0.2) is 27.4 Å². The van der Waals surface area contributed by atoms with E-state index in [1.54, 1.807) is 19.1 Å². The number of ketones is 1. The Morgan fingerprint density at radius 1 is 1.20 bits per heavy atom. The molecule has 0 aliphatic rings. The standard InChI is InChI=1S/C18H20O7/c1-5-24-18(21)13(8-10(2)19)12-9-15(20)25-16-11(12)6-7-14(22-3)17(16)23-4/h6-7,9,13H,5,8H2,1-4H3. The zero-order valence-electron chi connectivity index (χ0n) is 14.6. The molecule has 25 heavy (non-hydrogen) atoms. The predicted molar refractivity (Wildman–Crippen MR) is 90.3 cm³/mol. The highest BCUT2D eigenvalue weighted by Gasteiger charge is 2.28. The van der Waals surface area contributed by atoms with Crippen molar-refractivity contribution >= 4 is 22.7 Å². The van der Waals surface area contributed by atoms with Gasteiger partial charge in [-0.1, -0.05) is 0 Å². The Hall–Kier alpha value is -2.83. The van der Waals surface area contributed by atoms with E-state index in [4.69, 9.17) is 18.6 Å². The molecule has 0 radical (unpaired) electrons. The highest BCUT2D eigenvalue weighted by Crippen LogP contribution is 2.38. The molecule has 0 saturated heterocycles. The van der Waals surface area contributed by atoms with E-state index >= 15 is 0 Å². The number of benzene rings is 1. The summed E-state index contributed by atoms with van der Waals surface area (Å²) in [5.74, 6) is -1.04. The Kier molecular flexibility index (Phi) is 5.80. The first-order valence-corrected chi connectivity index (χ1v) is 7.77. The van der Waals surface area contributed by atoms with Gasteiger partial charge in [-0.3, -0.25) is 9.59 Å². The summed E-state index contributed by atoms with van der Waals surface area (Å²) in [5.41, 5.74) is -0.144. The molecule has 0 spiro atoms. The van der Waals surface area contributed by atoms with Gasteiger partial charge >= 0.3 is 11.6 Å². The van der Waals surface area contributed by atoms with Gasteiger partial charge in [-0.25, -0.2) is 4.79 Å². The quantitative estimate of drug-likeness (QED) is 0.560. The highest BCUT2D eigenvalue weighted by atomic mass is 16.5. The van der Waals surface area contributed by atoms with Crippen molar-refractivity contribution in [2.75, 3.05) is 20.8 Å². The van der Waals surface area contributed by atoms with Crippen LogP contribution in [-0.2, 0) is 14.3 Å². The third-order valence-electron chi connectivity index (χ3n) is 3.73. The summed E-state index contributed by atoms with van der Waals surface area (Å²) >= 11 is 0. The van der Waals surface area contributed by atoms with Crippen molar-refractivity contribution in [2.45, 2.75) is 26.2 Å². The fourth-order valence-corrected chi connectivity index (χ4v) is 2.70. The SMILES string of the molecule is CCOC(=O)C(CC(C)=O)c1cc(=O)oc2c(OC)c(OC)ccc12. The minimum absolute atomic E-state index is 0.0776. The lowest BCUT2D eigenvalue weighted by Crippen LogP contribution is -2.20. The second-order valence-electron chi connectivity index (χ2n) is 5.41. The molecule has 134 valence electrons. The van der Waals surface area contributed by atoms with E-state index in [9.17, 15) is 14.4 Å². The maximum Gasteiger partial charge on any atom is 0.336 e. The number of ether oxygens (including phenoxy) is 3. The first kappa shape index (κ1) is 18.5. The number of carbonyl (C=O) groups excluding carboxylic acids is 2. The lowest BCUT2D eigenvalue weighted by atomic mass is 9.91. The van der Waals surface area contributed by atoms with Crippen molar-refractivity contribution in [3.05, 3.63) is 34.2 Å². The first-order chi connectivity index (χ1) is 11.9. The van der Waals surface area contributed by atoms with Crippen LogP contribution >= 0.6 is 0 Å². The molecule has 0 aliphatic heterocycles. The van der Waals surface area contributed by atoms with Crippen molar-refractivity contribution < 1.29 is 28.2 Å². The Morgan fingerprint density at radius 2 is 1.92 bits per heavy atom. The zero-order chi connectivity index (χ0) is 18.6. The van der Waals surface area contributed by atoms with Gasteiger partial charge in [-0.2, -0.15) is 0 Å². The number of fused-ring (bicyclic) bond motifs is 1. The monoisotopic (exact) mass is 348 g/mol. The molecule has 0 fully saturated rings. The number of methoxy groups -OCH3 is 2. The van der Waals surface area contributed by atoms with E-state index in [0.717, 1.165) is 0 Å². The fraction of sp³-hybridized carbons (Fsp3) is 0.389. The summed E-state index contributed by atoms with van der Waals surface area (Å²) in [6, 6.07) is 4.50. The topological polar surface area (TPSA) is 92.0 Å². The van der Waals surface area contributed by atoms with Gasteiger partial charge in [0.1, 0.15) is 5.78 Å². The Labute approximate surface area is 144 Å². The van der Waals surface area contributed by atoms with Crippen molar-refractivity contribution in [2.24, 2.45) is 0 Å². The van der Waals surface area contributed by atoms with Gasteiger partial charge in [0.05, 0.1) is 26.7 Å². The molecule has 0 N–H and O–H groups in total. The summed E-state index contributed by atoms with van der Waals surface area (Å²) in [4.78, 5) is 36.0. The van der Waals surface area contributed by atoms with Gasteiger partial charge in [-0.05, 0) is 31.5 Å². The average Bonchev–Trinajstić information content (AvgIpc) is 2.57. The molecule has 1 aromatic heterocycles. The number of hydrogen-bond donors (Lipinski definition) is 0. The van der Waals surface area contributed by atoms with Gasteiger partial charge in [0.15, 0.2) is 11.3 Å². The molecule has 7 heteroatoms. The summed E-state index contributed by atoms with van der Waals surface area (Å²) in [5, 5.41) is 0.483. The lowest BCUT2D eigenvalue weighted by molar-refractivity contribution is -0.146. The molecule has 1 unspecified atom stereocenters. The molecule has 0 aliphatic carbocycles. The highest BCUT2D eigenvalue weighted by molar-refractivity contribution is 5.94. The van der Waals surface area contributed by atoms with E-state index < -0.39 is 17.5 Å². The smallest absolute Gasteiger partial charge is 0.336 e. The van der Waals surface area contributed by atoms with Gasteiger partial charge in [-0.15, -0.1) is 0 Å². The van der Waals surface area contributed by atoms with Crippen molar-refractivity contribution in [1.29, 1.82) is 0 Å². The average molecular weight is 348 g/mol. The Morgan fingerprint density at radius 3 is 2.48 bits per heavy atom. The van der Waals surface area contributed by atoms with Crippen LogP contribution in [-0.4, -0.2) is 32.6 Å². The maximum atomic E-state index is 12.3. The third kappa shape index (κ3) is 3.81. The molecular weight excluding hydrogens is 328 g/mol. The van der Waals surface area contributed by atoms with E-state index in [1.165, 1.54) is 27.2 Å². The molecule has 7 nitrogen and oxygen atoms in total. The molecule has 0 saturated carbocycles. The van der Waals surface area contributed by atoms with E-state index in [0.29, 0.717) is 16.7 Å². The van der Waals surface area contributed by atoms with Crippen LogP contribution in [0.2, 0.25) is 0 Å². The molecule has 2 aromatic rings. The number of rotatable bonds is 7. The van der Waals surface area contributed by atoms with Crippen LogP contribution in [0.1, 0.15) is 31.7 Å². The van der Waals surface area contributed by atoms with E-state index in [-0.39, 0.29) is 30.1 Å². The second kappa shape index (κ2) is 7.83. The first-order valence-electron chi connectivity index (χ1n) is 7.77. The van der Waals surface area contributed by atoms with Crippen LogP contribution in [0.5, 0.6) is 11.5 Å². The molecular formula is C18H20O7. The van der Waals surface area contributed by atoms with Crippen molar-refractivity contribution in [1.82, 2.24) is 0 Å². The van der Waals surface area contributed by atoms with Crippen LogP contribution in [0.4, 0.5) is 0 Å². The molecule has 0 amide bonds. The van der Waals surface area contributed by atoms with Gasteiger partial charge < -0.3 is 18.6 Å². The molecule has 2 rings (SSSR count). The number of Topliss-reactive ketones (excluding diaryl/α,β-unsaturated/α-hetero) is 1. The molecule has 1 heterocycles. The summed E-state index contributed by atoms with van der Waals surface area (Å²) < 4.78 is 20.8. The van der Waals surface area contributed by atoms with Crippen LogP contribution in [0, 0.1) is 0 Å². The minimum Gasteiger partial charge on any atom is -0.493 e. The van der Waals surface area contributed by atoms with E-state index in [2.05, 4.69) is 0 Å². The fourth-order valence-electron chi connectivity index (χ4n) is 2.70. The van der Waals surface area contributed by atoms with Gasteiger partial charge in [0.2, 0.25) is 5.75 Å². The number of esters is 1. The minimum atomic E-state index is -0.901. The number of hydrogen-bond acceptors (Lipinski definition) is 7. The number of carbonyl (C=O) groups is 2. The lowest BCUT2D eigenvalue weighted by Gasteiger charge is -2.17. The normalized spacial score (nSPS) is 11.8. The van der Waals surface area contributed by atoms with Crippen LogP contribution in [0.25, 0.3) is 11.0 Å². The predicted octanol–water partition coefficient (Wildman–Crippen LogP) is 2.44. The Balaban J connectivity index is 2.76. The third-order valence-corrected chi connectivity index (χ3v) is 3.73. The summed E-state index contributed by atoms with van der Waals surface area (Å²) in [6.45, 7) is 3.22. The largest absolute Gasteiger partial charge is 0.493 e. The van der Waals surface area contributed by atoms with Gasteiger partial charge in [0, 0.05) is 17.9 Å². The maximum absolute atomic E-state index is 12.3. The summed E-state index contributed by atoms with van der Waals surface area (Å²) in [7, 11) is 2.88. The van der Waals surface area contributed by atoms with Crippen molar-refractivity contribution in [3.8, 4) is 11.5 Å². The zero-order valence-corrected chi connectivity index (χ0v) is 14.6. The second-order valence-corrected chi connectivity index (χ2v) is 5.41. The van der Waals surface area contributed by atoms with Crippen LogP contribution in [0.3, 0.4) is 0 Å². The molecule has 1 aromatic carbocycles. The van der Waals surface area contributed by atoms with E-state index in [1.807, 2.05) is 0 Å². The molecule has 0 bridgehead atoms. The molecule has 1 atom stereocenters. The van der Waals surface area contributed by atoms with Crippen LogP contribution < -0.4 is 15.1 Å². The van der Waals surface area contributed by atoms with Gasteiger partial charge in [0.25, 0.3) is 0 Å².